The van der Waals surface area contributed by atoms with Crippen molar-refractivity contribution in [2.24, 2.45) is 0 Å². The molecule has 3 aromatic carbocycles. The average molecular weight is 351 g/mol. The Kier molecular flexibility index (Phi) is 5.49. The van der Waals surface area contributed by atoms with E-state index in [2.05, 4.69) is 5.32 Å². The zero-order valence-electron chi connectivity index (χ0n) is 14.2. The third-order valence-electron chi connectivity index (χ3n) is 3.74. The molecule has 0 saturated carbocycles. The number of nitrogens with one attached hydrogen (secondary N) is 1. The van der Waals surface area contributed by atoms with Gasteiger partial charge >= 0.3 is 0 Å². The van der Waals surface area contributed by atoms with Crippen LogP contribution in [-0.4, -0.2) is 13.0 Å². The van der Waals surface area contributed by atoms with Crippen LogP contribution in [0.4, 0.5) is 10.1 Å². The number of anilines is 1. The molecule has 1 amide bonds. The summed E-state index contributed by atoms with van der Waals surface area (Å²) in [4.78, 5) is 12.4. The fraction of sp³-hybridized carbons (Fsp3) is 0.0952. The smallest absolute Gasteiger partial charge is 0.255 e. The maximum Gasteiger partial charge on any atom is 0.255 e. The number of rotatable bonds is 6. The van der Waals surface area contributed by atoms with Crippen molar-refractivity contribution in [2.45, 2.75) is 6.61 Å². The second kappa shape index (κ2) is 8.16. The number of methoxy groups -OCH3 is 1. The molecule has 132 valence electrons. The van der Waals surface area contributed by atoms with Crippen LogP contribution in [0.1, 0.15) is 15.9 Å². The molecule has 0 spiro atoms. The summed E-state index contributed by atoms with van der Waals surface area (Å²) in [5.74, 6) is 0.711. The third-order valence-corrected chi connectivity index (χ3v) is 3.74. The van der Waals surface area contributed by atoms with Crippen molar-refractivity contribution < 1.29 is 18.7 Å². The van der Waals surface area contributed by atoms with Gasteiger partial charge in [0.05, 0.1) is 7.11 Å². The Morgan fingerprint density at radius 3 is 2.46 bits per heavy atom. The van der Waals surface area contributed by atoms with E-state index in [0.717, 1.165) is 5.56 Å². The monoisotopic (exact) mass is 351 g/mol. The molecule has 0 saturated heterocycles. The summed E-state index contributed by atoms with van der Waals surface area (Å²) >= 11 is 0. The quantitative estimate of drug-likeness (QED) is 0.702. The Bertz CT molecular complexity index is 894. The minimum absolute atomic E-state index is 0.236. The molecule has 0 atom stereocenters. The summed E-state index contributed by atoms with van der Waals surface area (Å²) in [6.45, 7) is 0.313. The van der Waals surface area contributed by atoms with Gasteiger partial charge in [0.2, 0.25) is 0 Å². The largest absolute Gasteiger partial charge is 0.497 e. The summed E-state index contributed by atoms with van der Waals surface area (Å²) in [6, 6.07) is 20.2. The summed E-state index contributed by atoms with van der Waals surface area (Å²) < 4.78 is 23.8. The number of carbonyl (C=O) groups excluding carboxylic acids is 1. The van der Waals surface area contributed by atoms with Gasteiger partial charge in [0, 0.05) is 17.3 Å². The molecule has 5 heteroatoms. The van der Waals surface area contributed by atoms with Crippen molar-refractivity contribution >= 4 is 11.6 Å². The summed E-state index contributed by atoms with van der Waals surface area (Å²) in [5, 5.41) is 2.83. The second-order valence-corrected chi connectivity index (χ2v) is 5.63. The first kappa shape index (κ1) is 17.5. The van der Waals surface area contributed by atoms with Gasteiger partial charge in [-0.25, -0.2) is 4.39 Å². The summed E-state index contributed by atoms with van der Waals surface area (Å²) in [7, 11) is 1.55. The number of benzene rings is 3. The van der Waals surface area contributed by atoms with Gasteiger partial charge in [-0.3, -0.25) is 4.79 Å². The van der Waals surface area contributed by atoms with Crippen molar-refractivity contribution in [1.29, 1.82) is 0 Å². The lowest BCUT2D eigenvalue weighted by molar-refractivity contribution is 0.102. The first-order valence-corrected chi connectivity index (χ1v) is 8.07. The van der Waals surface area contributed by atoms with E-state index in [4.69, 9.17) is 9.47 Å². The van der Waals surface area contributed by atoms with Gasteiger partial charge in [-0.05, 0) is 48.0 Å². The Labute approximate surface area is 151 Å². The normalized spacial score (nSPS) is 10.2. The van der Waals surface area contributed by atoms with Crippen LogP contribution in [0.3, 0.4) is 0 Å². The molecule has 4 nitrogen and oxygen atoms in total. The van der Waals surface area contributed by atoms with Crippen LogP contribution in [0, 0.1) is 5.82 Å². The highest BCUT2D eigenvalue weighted by Crippen LogP contribution is 2.20. The molecule has 0 unspecified atom stereocenters. The number of ether oxygens (including phenoxy) is 2. The van der Waals surface area contributed by atoms with Crippen molar-refractivity contribution in [1.82, 2.24) is 0 Å². The number of halogens is 1. The van der Waals surface area contributed by atoms with E-state index in [1.165, 1.54) is 12.1 Å². The highest BCUT2D eigenvalue weighted by atomic mass is 19.1. The lowest BCUT2D eigenvalue weighted by Crippen LogP contribution is -2.12. The number of hydrogen-bond donors (Lipinski definition) is 1. The molecule has 0 fully saturated rings. The average Bonchev–Trinajstić information content (AvgIpc) is 2.68. The summed E-state index contributed by atoms with van der Waals surface area (Å²) in [5.41, 5.74) is 1.98. The highest BCUT2D eigenvalue weighted by Gasteiger charge is 2.08. The van der Waals surface area contributed by atoms with Crippen LogP contribution >= 0.6 is 0 Å². The maximum atomic E-state index is 12.9. The van der Waals surface area contributed by atoms with Crippen molar-refractivity contribution in [3.63, 3.8) is 0 Å². The van der Waals surface area contributed by atoms with Gasteiger partial charge in [-0.1, -0.05) is 24.3 Å². The van der Waals surface area contributed by atoms with Crippen LogP contribution in [0.25, 0.3) is 0 Å². The van der Waals surface area contributed by atoms with Gasteiger partial charge in [0.25, 0.3) is 5.91 Å². The number of hydrogen-bond acceptors (Lipinski definition) is 3. The topological polar surface area (TPSA) is 47.6 Å². The highest BCUT2D eigenvalue weighted by molar-refractivity contribution is 6.04. The van der Waals surface area contributed by atoms with E-state index in [-0.39, 0.29) is 11.7 Å². The van der Waals surface area contributed by atoms with E-state index in [0.29, 0.717) is 29.4 Å². The van der Waals surface area contributed by atoms with Gasteiger partial charge < -0.3 is 14.8 Å². The van der Waals surface area contributed by atoms with Gasteiger partial charge in [-0.2, -0.15) is 0 Å². The van der Waals surface area contributed by atoms with E-state index in [1.54, 1.807) is 67.8 Å². The van der Waals surface area contributed by atoms with E-state index >= 15 is 0 Å². The molecular formula is C21H18FNO3. The van der Waals surface area contributed by atoms with Crippen LogP contribution < -0.4 is 14.8 Å². The maximum absolute atomic E-state index is 12.9. The van der Waals surface area contributed by atoms with Crippen LogP contribution in [0.15, 0.2) is 72.8 Å². The number of carbonyl (C=O) groups is 1. The minimum atomic E-state index is -0.281. The Hall–Kier alpha value is -3.34. The molecule has 0 aliphatic rings. The molecule has 0 radical (unpaired) electrons. The molecule has 0 aliphatic heterocycles. The van der Waals surface area contributed by atoms with E-state index < -0.39 is 0 Å². The van der Waals surface area contributed by atoms with Crippen molar-refractivity contribution in [3.8, 4) is 11.5 Å². The SMILES string of the molecule is COc1cccc(C(=O)Nc2cccc(OCc3ccc(F)cc3)c2)c1. The predicted molar refractivity (Wildman–Crippen MR) is 98.1 cm³/mol. The first-order chi connectivity index (χ1) is 12.6. The predicted octanol–water partition coefficient (Wildman–Crippen LogP) is 4.67. The Morgan fingerprint density at radius 2 is 1.69 bits per heavy atom. The lowest BCUT2D eigenvalue weighted by atomic mass is 10.2. The second-order valence-electron chi connectivity index (χ2n) is 5.63. The van der Waals surface area contributed by atoms with Gasteiger partial charge in [0.15, 0.2) is 0 Å². The molecule has 0 aliphatic carbocycles. The molecular weight excluding hydrogens is 333 g/mol. The molecule has 1 N–H and O–H groups in total. The standard InChI is InChI=1S/C21H18FNO3/c1-25-19-6-2-4-16(12-19)21(24)23-18-5-3-7-20(13-18)26-14-15-8-10-17(22)11-9-15/h2-13H,14H2,1H3,(H,23,24). The zero-order chi connectivity index (χ0) is 18.4. The Morgan fingerprint density at radius 1 is 0.962 bits per heavy atom. The van der Waals surface area contributed by atoms with Crippen molar-refractivity contribution in [2.75, 3.05) is 12.4 Å². The molecule has 26 heavy (non-hydrogen) atoms. The summed E-state index contributed by atoms with van der Waals surface area (Å²) in [6.07, 6.45) is 0. The van der Waals surface area contributed by atoms with Gasteiger partial charge in [0.1, 0.15) is 23.9 Å². The Balaban J connectivity index is 1.64. The van der Waals surface area contributed by atoms with Crippen LogP contribution in [-0.2, 0) is 6.61 Å². The molecule has 0 aromatic heterocycles. The van der Waals surface area contributed by atoms with Crippen LogP contribution in [0.2, 0.25) is 0 Å². The number of amides is 1. The third kappa shape index (κ3) is 4.60. The fourth-order valence-corrected chi connectivity index (χ4v) is 2.38. The van der Waals surface area contributed by atoms with Crippen molar-refractivity contribution in [3.05, 3.63) is 89.7 Å². The fourth-order valence-electron chi connectivity index (χ4n) is 2.38. The van der Waals surface area contributed by atoms with E-state index in [1.807, 2.05) is 0 Å². The van der Waals surface area contributed by atoms with Gasteiger partial charge in [-0.15, -0.1) is 0 Å². The van der Waals surface area contributed by atoms with E-state index in [9.17, 15) is 9.18 Å². The molecule has 0 bridgehead atoms. The minimum Gasteiger partial charge on any atom is -0.497 e. The first-order valence-electron chi connectivity index (χ1n) is 8.07. The molecule has 3 aromatic rings. The lowest BCUT2D eigenvalue weighted by Gasteiger charge is -2.10. The zero-order valence-corrected chi connectivity index (χ0v) is 14.2. The molecule has 3 rings (SSSR count). The molecule has 0 heterocycles. The van der Waals surface area contributed by atoms with Crippen LogP contribution in [0.5, 0.6) is 11.5 Å².